The lowest BCUT2D eigenvalue weighted by Gasteiger charge is -2.37. The molecule has 0 bridgehead atoms. The summed E-state index contributed by atoms with van der Waals surface area (Å²) in [5.41, 5.74) is 1.49. The first kappa shape index (κ1) is 19.4. The maximum atomic E-state index is 12.9. The second kappa shape index (κ2) is 8.18. The molecule has 2 saturated heterocycles. The number of ether oxygens (including phenoxy) is 3. The summed E-state index contributed by atoms with van der Waals surface area (Å²) in [5.74, 6) is -0.550. The van der Waals surface area contributed by atoms with E-state index < -0.39 is 11.8 Å². The lowest BCUT2D eigenvalue weighted by molar-refractivity contribution is -0.181. The number of rotatable bonds is 4. The molecule has 0 unspecified atom stereocenters. The van der Waals surface area contributed by atoms with Crippen molar-refractivity contribution in [3.05, 3.63) is 53.7 Å². The maximum Gasteiger partial charge on any atom is 0.339 e. The molecule has 1 N–H and O–H groups in total. The number of likely N-dealkylation sites (tertiary alicyclic amines) is 1. The normalized spacial score (nSPS) is 17.9. The summed E-state index contributed by atoms with van der Waals surface area (Å²) in [5, 5.41) is 3.10. The molecule has 2 aliphatic heterocycles. The number of anilines is 2. The third kappa shape index (κ3) is 4.08. The van der Waals surface area contributed by atoms with Crippen LogP contribution >= 0.6 is 0 Å². The molecule has 0 atom stereocenters. The van der Waals surface area contributed by atoms with Gasteiger partial charge in [0.05, 0.1) is 31.6 Å². The molecule has 1 aromatic carbocycles. The quantitative estimate of drug-likeness (QED) is 0.793. The summed E-state index contributed by atoms with van der Waals surface area (Å²) >= 11 is 0. The minimum atomic E-state index is -0.515. The van der Waals surface area contributed by atoms with Gasteiger partial charge in [0.15, 0.2) is 5.79 Å². The summed E-state index contributed by atoms with van der Waals surface area (Å²) in [4.78, 5) is 31.0. The lowest BCUT2D eigenvalue weighted by Crippen LogP contribution is -2.47. The van der Waals surface area contributed by atoms with E-state index in [1.54, 1.807) is 47.5 Å². The van der Waals surface area contributed by atoms with Crippen LogP contribution in [-0.4, -0.2) is 61.0 Å². The van der Waals surface area contributed by atoms with E-state index in [-0.39, 0.29) is 5.91 Å². The Bertz CT molecular complexity index is 901. The van der Waals surface area contributed by atoms with Gasteiger partial charge < -0.3 is 24.4 Å². The van der Waals surface area contributed by atoms with Crippen LogP contribution in [0.4, 0.5) is 11.5 Å². The standard InChI is InChI=1S/C21H23N3O5/c1-27-20(26)16-4-2-3-5-17(16)23-18-14-15(6-9-22-18)19(25)24-10-7-21(8-11-24)28-12-13-29-21/h2-6,9,14H,7-8,10-13H2,1H3,(H,22,23). The van der Waals surface area contributed by atoms with Gasteiger partial charge in [0, 0.05) is 37.7 Å². The van der Waals surface area contributed by atoms with E-state index in [1.165, 1.54) is 7.11 Å². The number of amides is 1. The molecule has 152 valence electrons. The van der Waals surface area contributed by atoms with Crippen molar-refractivity contribution in [1.29, 1.82) is 0 Å². The SMILES string of the molecule is COC(=O)c1ccccc1Nc1cc(C(=O)N2CCC3(CC2)OCCO3)ccn1. The molecule has 0 radical (unpaired) electrons. The van der Waals surface area contributed by atoms with E-state index in [2.05, 4.69) is 10.3 Å². The lowest BCUT2D eigenvalue weighted by atomic mass is 10.0. The third-order valence-corrected chi connectivity index (χ3v) is 5.23. The topological polar surface area (TPSA) is 90.0 Å². The number of nitrogens with zero attached hydrogens (tertiary/aromatic N) is 2. The van der Waals surface area contributed by atoms with Crippen LogP contribution in [0.5, 0.6) is 0 Å². The Morgan fingerprint density at radius 1 is 1.14 bits per heavy atom. The molecule has 3 heterocycles. The van der Waals surface area contributed by atoms with E-state index in [1.807, 2.05) is 0 Å². The first-order chi connectivity index (χ1) is 14.1. The average molecular weight is 397 g/mol. The van der Waals surface area contributed by atoms with Crippen LogP contribution < -0.4 is 5.32 Å². The Morgan fingerprint density at radius 2 is 1.86 bits per heavy atom. The van der Waals surface area contributed by atoms with Crippen LogP contribution in [0.3, 0.4) is 0 Å². The second-order valence-electron chi connectivity index (χ2n) is 6.99. The van der Waals surface area contributed by atoms with Crippen LogP contribution in [0.2, 0.25) is 0 Å². The zero-order chi connectivity index (χ0) is 20.3. The fourth-order valence-electron chi connectivity index (χ4n) is 3.67. The molecule has 8 heteroatoms. The van der Waals surface area contributed by atoms with Gasteiger partial charge in [-0.2, -0.15) is 0 Å². The number of aromatic nitrogens is 1. The van der Waals surface area contributed by atoms with Gasteiger partial charge >= 0.3 is 5.97 Å². The van der Waals surface area contributed by atoms with Crippen molar-refractivity contribution in [3.63, 3.8) is 0 Å². The smallest absolute Gasteiger partial charge is 0.339 e. The van der Waals surface area contributed by atoms with Crippen molar-refractivity contribution in [3.8, 4) is 0 Å². The first-order valence-electron chi connectivity index (χ1n) is 9.58. The summed E-state index contributed by atoms with van der Waals surface area (Å²) in [6.45, 7) is 2.38. The summed E-state index contributed by atoms with van der Waals surface area (Å²) in [7, 11) is 1.33. The van der Waals surface area contributed by atoms with Crippen molar-refractivity contribution in [1.82, 2.24) is 9.88 Å². The van der Waals surface area contributed by atoms with Gasteiger partial charge in [-0.1, -0.05) is 12.1 Å². The molecule has 2 aromatic rings. The van der Waals surface area contributed by atoms with E-state index in [0.29, 0.717) is 61.8 Å². The van der Waals surface area contributed by atoms with Crippen LogP contribution in [-0.2, 0) is 14.2 Å². The highest BCUT2D eigenvalue weighted by Gasteiger charge is 2.40. The molecule has 1 aromatic heterocycles. The predicted molar refractivity (Wildman–Crippen MR) is 105 cm³/mol. The molecule has 2 aliphatic rings. The molecule has 4 rings (SSSR count). The number of para-hydroxylation sites is 1. The Balaban J connectivity index is 1.47. The maximum absolute atomic E-state index is 12.9. The van der Waals surface area contributed by atoms with Crippen LogP contribution in [0.1, 0.15) is 33.6 Å². The average Bonchev–Trinajstić information content (AvgIpc) is 3.22. The number of carbonyl (C=O) groups excluding carboxylic acids is 2. The fraction of sp³-hybridized carbons (Fsp3) is 0.381. The van der Waals surface area contributed by atoms with E-state index in [9.17, 15) is 9.59 Å². The molecule has 8 nitrogen and oxygen atoms in total. The zero-order valence-electron chi connectivity index (χ0n) is 16.2. The Kier molecular flexibility index (Phi) is 5.46. The monoisotopic (exact) mass is 397 g/mol. The van der Waals surface area contributed by atoms with Crippen molar-refractivity contribution >= 4 is 23.4 Å². The number of hydrogen-bond donors (Lipinski definition) is 1. The summed E-state index contributed by atoms with van der Waals surface area (Å²) in [6, 6.07) is 10.4. The summed E-state index contributed by atoms with van der Waals surface area (Å²) < 4.78 is 16.3. The van der Waals surface area contributed by atoms with Crippen molar-refractivity contribution in [2.75, 3.05) is 38.7 Å². The van der Waals surface area contributed by atoms with E-state index in [4.69, 9.17) is 14.2 Å². The van der Waals surface area contributed by atoms with Gasteiger partial charge in [-0.25, -0.2) is 9.78 Å². The molecular formula is C21H23N3O5. The van der Waals surface area contributed by atoms with E-state index >= 15 is 0 Å². The van der Waals surface area contributed by atoms with Crippen molar-refractivity contribution < 1.29 is 23.8 Å². The molecule has 0 aliphatic carbocycles. The minimum Gasteiger partial charge on any atom is -0.465 e. The van der Waals surface area contributed by atoms with Gasteiger partial charge in [0.25, 0.3) is 5.91 Å². The summed E-state index contributed by atoms with van der Waals surface area (Å²) in [6.07, 6.45) is 2.91. The van der Waals surface area contributed by atoms with Gasteiger partial charge in [0.2, 0.25) is 0 Å². The number of benzene rings is 1. The number of nitrogens with one attached hydrogen (secondary N) is 1. The molecule has 1 amide bonds. The fourth-order valence-corrected chi connectivity index (χ4v) is 3.67. The number of methoxy groups -OCH3 is 1. The highest BCUT2D eigenvalue weighted by Crippen LogP contribution is 2.32. The van der Waals surface area contributed by atoms with E-state index in [0.717, 1.165) is 0 Å². The van der Waals surface area contributed by atoms with Crippen LogP contribution in [0.15, 0.2) is 42.6 Å². The molecule has 2 fully saturated rings. The minimum absolute atomic E-state index is 0.0652. The molecule has 29 heavy (non-hydrogen) atoms. The highest BCUT2D eigenvalue weighted by molar-refractivity contribution is 5.97. The van der Waals surface area contributed by atoms with Crippen molar-refractivity contribution in [2.45, 2.75) is 18.6 Å². The highest BCUT2D eigenvalue weighted by atomic mass is 16.7. The second-order valence-corrected chi connectivity index (χ2v) is 6.99. The van der Waals surface area contributed by atoms with Crippen molar-refractivity contribution in [2.24, 2.45) is 0 Å². The predicted octanol–water partition coefficient (Wildman–Crippen LogP) is 2.59. The van der Waals surface area contributed by atoms with Crippen LogP contribution in [0.25, 0.3) is 0 Å². The number of carbonyl (C=O) groups is 2. The van der Waals surface area contributed by atoms with Gasteiger partial charge in [-0.05, 0) is 24.3 Å². The number of hydrogen-bond acceptors (Lipinski definition) is 7. The Hall–Kier alpha value is -2.97. The van der Waals surface area contributed by atoms with Gasteiger partial charge in [-0.15, -0.1) is 0 Å². The molecule has 0 saturated carbocycles. The number of esters is 1. The first-order valence-corrected chi connectivity index (χ1v) is 9.58. The zero-order valence-corrected chi connectivity index (χ0v) is 16.2. The van der Waals surface area contributed by atoms with Gasteiger partial charge in [-0.3, -0.25) is 4.79 Å². The Labute approximate surface area is 168 Å². The van der Waals surface area contributed by atoms with Crippen LogP contribution in [0, 0.1) is 0 Å². The number of pyridine rings is 1. The largest absolute Gasteiger partial charge is 0.465 e. The third-order valence-electron chi connectivity index (χ3n) is 5.23. The Morgan fingerprint density at radius 3 is 2.59 bits per heavy atom. The molecular weight excluding hydrogens is 374 g/mol. The number of piperidine rings is 1. The van der Waals surface area contributed by atoms with Gasteiger partial charge in [0.1, 0.15) is 5.82 Å². The molecule has 1 spiro atoms.